The summed E-state index contributed by atoms with van der Waals surface area (Å²) in [5.41, 5.74) is 2.64. The molecular weight excluding hydrogens is 394 g/mol. The molecule has 0 amide bonds. The Morgan fingerprint density at radius 3 is 2.92 bits per heavy atom. The van der Waals surface area contributed by atoms with Crippen LogP contribution in [0, 0.1) is 11.8 Å². The number of nitrogens with zero attached hydrogens (tertiary/aromatic N) is 1. The highest BCUT2D eigenvalue weighted by atomic mass is 79.9. The van der Waals surface area contributed by atoms with Crippen LogP contribution in [-0.2, 0) is 16.6 Å². The number of Topliss-reactive ketones (excluding diaryl/α,β-unsaturated/α-hetero) is 1. The molecule has 2 heterocycles. The molecule has 1 aromatic carbocycles. The van der Waals surface area contributed by atoms with E-state index in [-0.39, 0.29) is 28.5 Å². The molecule has 6 rings (SSSR count). The van der Waals surface area contributed by atoms with Gasteiger partial charge in [0.15, 0.2) is 23.4 Å². The largest absolute Gasteiger partial charge is 0.493 e. The lowest BCUT2D eigenvalue weighted by molar-refractivity contribution is -0.138. The molecular formula is C21H26BrNO3. The normalized spacial score (nSPS) is 36.8. The molecule has 0 radical (unpaired) electrons. The minimum absolute atomic E-state index is 0. The summed E-state index contributed by atoms with van der Waals surface area (Å²) < 4.78 is 11.9. The second kappa shape index (κ2) is 5.71. The Morgan fingerprint density at radius 2 is 2.15 bits per heavy atom. The van der Waals surface area contributed by atoms with E-state index in [1.54, 1.807) is 7.11 Å². The summed E-state index contributed by atoms with van der Waals surface area (Å²) in [6.07, 6.45) is 6.40. The third kappa shape index (κ3) is 2.02. The second-order valence-corrected chi connectivity index (χ2v) is 8.74. The van der Waals surface area contributed by atoms with Crippen LogP contribution in [0.1, 0.15) is 43.2 Å². The fourth-order valence-corrected chi connectivity index (χ4v) is 6.42. The van der Waals surface area contributed by atoms with Gasteiger partial charge in [-0.25, -0.2) is 0 Å². The van der Waals surface area contributed by atoms with Crippen molar-refractivity contribution in [2.75, 3.05) is 20.2 Å². The number of carbonyl (C=O) groups excluding carboxylic acids is 1. The van der Waals surface area contributed by atoms with E-state index >= 15 is 0 Å². The average Bonchev–Trinajstić information content (AvgIpc) is 3.36. The van der Waals surface area contributed by atoms with E-state index in [1.165, 1.54) is 30.5 Å². The minimum Gasteiger partial charge on any atom is -0.493 e. The topological polar surface area (TPSA) is 38.8 Å². The Labute approximate surface area is 165 Å². The lowest BCUT2D eigenvalue weighted by atomic mass is 9.51. The maximum Gasteiger partial charge on any atom is 0.174 e. The summed E-state index contributed by atoms with van der Waals surface area (Å²) in [4.78, 5) is 15.6. The molecule has 2 aliphatic heterocycles. The zero-order chi connectivity index (χ0) is 16.8. The lowest BCUT2D eigenvalue weighted by Gasteiger charge is -2.57. The molecule has 3 aliphatic carbocycles. The molecule has 4 atom stereocenters. The Bertz CT molecular complexity index is 777. The van der Waals surface area contributed by atoms with Crippen LogP contribution < -0.4 is 9.47 Å². The second-order valence-electron chi connectivity index (χ2n) is 8.74. The molecule has 3 fully saturated rings. The Morgan fingerprint density at radius 1 is 1.31 bits per heavy atom. The van der Waals surface area contributed by atoms with Gasteiger partial charge in [0.25, 0.3) is 0 Å². The van der Waals surface area contributed by atoms with E-state index < -0.39 is 0 Å². The quantitative estimate of drug-likeness (QED) is 0.753. The molecule has 4 unspecified atom stereocenters. The van der Waals surface area contributed by atoms with Crippen LogP contribution in [0.3, 0.4) is 0 Å². The van der Waals surface area contributed by atoms with Crippen LogP contribution in [0.25, 0.3) is 0 Å². The highest BCUT2D eigenvalue weighted by Crippen LogP contribution is 2.63. The molecule has 2 bridgehead atoms. The number of carbonyl (C=O) groups is 1. The van der Waals surface area contributed by atoms with Crippen LogP contribution in [0.15, 0.2) is 12.1 Å². The number of halogens is 1. The van der Waals surface area contributed by atoms with Crippen LogP contribution >= 0.6 is 17.0 Å². The third-order valence-corrected chi connectivity index (χ3v) is 7.62. The highest BCUT2D eigenvalue weighted by Gasteiger charge is 2.66. The summed E-state index contributed by atoms with van der Waals surface area (Å²) in [6.45, 7) is 2.37. The van der Waals surface area contributed by atoms with Gasteiger partial charge in [-0.2, -0.15) is 0 Å². The number of methoxy groups -OCH3 is 1. The highest BCUT2D eigenvalue weighted by molar-refractivity contribution is 8.93. The summed E-state index contributed by atoms with van der Waals surface area (Å²) in [7, 11) is 1.70. The van der Waals surface area contributed by atoms with E-state index in [2.05, 4.69) is 11.0 Å². The van der Waals surface area contributed by atoms with Crippen molar-refractivity contribution in [2.45, 2.75) is 56.1 Å². The van der Waals surface area contributed by atoms with Gasteiger partial charge in [-0.1, -0.05) is 6.07 Å². The standard InChI is InChI=1S/C21H25NO3.BrH/c1-24-17-7-4-13-10-15-14-5-6-16(23)20-21(14,18(13)19(17)25-20)8-9-22(15)11-12-2-3-12;/h4,7,12,14-15,20H,2-3,5-6,8-11H2,1H3;1H. The molecule has 0 aromatic heterocycles. The van der Waals surface area contributed by atoms with Crippen molar-refractivity contribution in [1.82, 2.24) is 4.90 Å². The number of rotatable bonds is 3. The van der Waals surface area contributed by atoms with Crippen LogP contribution in [0.5, 0.6) is 11.5 Å². The number of hydrogen-bond acceptors (Lipinski definition) is 4. The average molecular weight is 420 g/mol. The minimum atomic E-state index is -0.276. The van der Waals surface area contributed by atoms with E-state index in [0.29, 0.717) is 24.2 Å². The fourth-order valence-electron chi connectivity index (χ4n) is 6.42. The Balaban J connectivity index is 0.00000150. The van der Waals surface area contributed by atoms with Crippen LogP contribution in [-0.4, -0.2) is 43.0 Å². The first-order valence-electron chi connectivity index (χ1n) is 9.86. The third-order valence-electron chi connectivity index (χ3n) is 7.62. The number of likely N-dealkylation sites (tertiary alicyclic amines) is 1. The zero-order valence-corrected chi connectivity index (χ0v) is 16.9. The van der Waals surface area contributed by atoms with Crippen LogP contribution in [0.2, 0.25) is 0 Å². The van der Waals surface area contributed by atoms with Gasteiger partial charge in [-0.3, -0.25) is 9.69 Å². The molecule has 0 N–H and O–H groups in total. The first kappa shape index (κ1) is 17.1. The Kier molecular flexibility index (Phi) is 3.75. The molecule has 5 heteroatoms. The van der Waals surface area contributed by atoms with Gasteiger partial charge < -0.3 is 9.47 Å². The fraction of sp³-hybridized carbons (Fsp3) is 0.667. The number of hydrogen-bond donors (Lipinski definition) is 0. The molecule has 140 valence electrons. The zero-order valence-electron chi connectivity index (χ0n) is 15.2. The Hall–Kier alpha value is -1.07. The maximum atomic E-state index is 12.8. The SMILES string of the molecule is Br.COc1ccc2c3c1OC1C(=O)CCC4C(C2)N(CC2CC2)CCC314. The lowest BCUT2D eigenvalue weighted by Crippen LogP contribution is -2.66. The van der Waals surface area contributed by atoms with Crippen molar-refractivity contribution in [2.24, 2.45) is 11.8 Å². The van der Waals surface area contributed by atoms with Gasteiger partial charge in [0, 0.05) is 30.0 Å². The monoisotopic (exact) mass is 419 g/mol. The van der Waals surface area contributed by atoms with Gasteiger partial charge in [0.05, 0.1) is 7.11 Å². The van der Waals surface area contributed by atoms with Crippen molar-refractivity contribution >= 4 is 22.8 Å². The summed E-state index contributed by atoms with van der Waals surface area (Å²) in [6, 6.07) is 4.85. The molecule has 26 heavy (non-hydrogen) atoms. The molecule has 1 spiro atoms. The molecule has 1 aromatic rings. The van der Waals surface area contributed by atoms with E-state index in [4.69, 9.17) is 9.47 Å². The number of piperidine rings is 1. The van der Waals surface area contributed by atoms with Gasteiger partial charge in [0.2, 0.25) is 0 Å². The summed E-state index contributed by atoms with van der Waals surface area (Å²) in [5, 5.41) is 0. The van der Waals surface area contributed by atoms with E-state index in [9.17, 15) is 4.79 Å². The number of benzene rings is 1. The van der Waals surface area contributed by atoms with Gasteiger partial charge in [0.1, 0.15) is 0 Å². The van der Waals surface area contributed by atoms with Crippen molar-refractivity contribution in [3.63, 3.8) is 0 Å². The molecule has 1 saturated heterocycles. The summed E-state index contributed by atoms with van der Waals surface area (Å²) in [5.74, 6) is 3.45. The summed E-state index contributed by atoms with van der Waals surface area (Å²) >= 11 is 0. The van der Waals surface area contributed by atoms with Gasteiger partial charge >= 0.3 is 0 Å². The molecule has 2 saturated carbocycles. The van der Waals surface area contributed by atoms with Gasteiger partial charge in [-0.15, -0.1) is 17.0 Å². The molecule has 4 nitrogen and oxygen atoms in total. The van der Waals surface area contributed by atoms with E-state index in [1.807, 2.05) is 6.07 Å². The van der Waals surface area contributed by atoms with Crippen molar-refractivity contribution in [1.29, 1.82) is 0 Å². The first-order chi connectivity index (χ1) is 12.2. The van der Waals surface area contributed by atoms with E-state index in [0.717, 1.165) is 43.2 Å². The predicted molar refractivity (Wildman–Crippen MR) is 104 cm³/mol. The predicted octanol–water partition coefficient (Wildman–Crippen LogP) is 3.29. The maximum absolute atomic E-state index is 12.8. The number of ether oxygens (including phenoxy) is 2. The van der Waals surface area contributed by atoms with Crippen molar-refractivity contribution in [3.8, 4) is 11.5 Å². The first-order valence-corrected chi connectivity index (χ1v) is 9.86. The number of ketones is 1. The van der Waals surface area contributed by atoms with Gasteiger partial charge in [-0.05, 0) is 62.1 Å². The van der Waals surface area contributed by atoms with Crippen molar-refractivity contribution < 1.29 is 14.3 Å². The molecule has 5 aliphatic rings. The smallest absolute Gasteiger partial charge is 0.174 e. The van der Waals surface area contributed by atoms with Crippen LogP contribution in [0.4, 0.5) is 0 Å². The van der Waals surface area contributed by atoms with Crippen molar-refractivity contribution in [3.05, 3.63) is 23.3 Å².